The first-order valence-electron chi connectivity index (χ1n) is 2.53. The van der Waals surface area contributed by atoms with Gasteiger partial charge in [0.15, 0.2) is 5.96 Å². The van der Waals surface area contributed by atoms with Gasteiger partial charge in [-0.2, -0.15) is 0 Å². The van der Waals surface area contributed by atoms with Gasteiger partial charge in [0.2, 0.25) is 0 Å². The molecule has 0 fully saturated rings. The number of rotatable bonds is 0. The van der Waals surface area contributed by atoms with Crippen molar-refractivity contribution in [3.63, 3.8) is 0 Å². The molecule has 0 aliphatic rings. The van der Waals surface area contributed by atoms with Crippen molar-refractivity contribution in [2.45, 2.75) is 0 Å². The first-order chi connectivity index (χ1) is 4.73. The van der Waals surface area contributed by atoms with Crippen LogP contribution in [0.1, 0.15) is 0 Å². The van der Waals surface area contributed by atoms with Crippen molar-refractivity contribution in [2.24, 2.45) is 11.5 Å². The lowest BCUT2D eigenvalue weighted by atomic mass is 10.7. The highest BCUT2D eigenvalue weighted by molar-refractivity contribution is 5.85. The molecule has 6 heteroatoms. The van der Waals surface area contributed by atoms with Crippen LogP contribution in [0.3, 0.4) is 0 Å². The molecule has 0 aliphatic heterocycles. The lowest BCUT2D eigenvalue weighted by molar-refractivity contribution is 1.17. The van der Waals surface area contributed by atoms with E-state index in [0.29, 0.717) is 0 Å². The van der Waals surface area contributed by atoms with Gasteiger partial charge in [-0.3, -0.25) is 5.41 Å². The number of halogens is 1. The molecule has 1 aromatic heterocycles. The van der Waals surface area contributed by atoms with Gasteiger partial charge in [-0.15, -0.1) is 12.4 Å². The molecule has 0 atom stereocenters. The van der Waals surface area contributed by atoms with Gasteiger partial charge in [-0.25, -0.2) is 9.97 Å². The van der Waals surface area contributed by atoms with E-state index >= 15 is 0 Å². The summed E-state index contributed by atoms with van der Waals surface area (Å²) in [5.74, 6) is -0.333. The van der Waals surface area contributed by atoms with Crippen LogP contribution >= 0.6 is 12.4 Å². The number of nitrogens with two attached hydrogens (primary N) is 2. The molecule has 62 valence electrons. The van der Waals surface area contributed by atoms with Gasteiger partial charge < -0.3 is 11.5 Å². The van der Waals surface area contributed by atoms with E-state index in [9.17, 15) is 0 Å². The van der Waals surface area contributed by atoms with Gasteiger partial charge in [-0.1, -0.05) is 0 Å². The predicted molar refractivity (Wildman–Crippen MR) is 45.4 cm³/mol. The molecule has 11 heavy (non-hydrogen) atoms. The molecule has 0 saturated carbocycles. The summed E-state index contributed by atoms with van der Waals surface area (Å²) in [5, 5.41) is 6.06. The monoisotopic (exact) mass is 175 g/mol. The molecule has 1 heterocycles. The maximum Gasteiger partial charge on any atom is 0.183 e. The van der Waals surface area contributed by atoms with Crippen molar-refractivity contribution < 1.29 is 0 Å². The second-order valence-electron chi connectivity index (χ2n) is 1.36. The largest absolute Gasteiger partial charge is 0.370 e. The fourth-order valence-electron chi connectivity index (χ4n) is 0.253. The van der Waals surface area contributed by atoms with Crippen LogP contribution in [0.4, 0.5) is 0 Å². The Morgan fingerprint density at radius 1 is 1.18 bits per heavy atom. The van der Waals surface area contributed by atoms with Gasteiger partial charge in [0.1, 0.15) is 6.33 Å². The van der Waals surface area contributed by atoms with Crippen molar-refractivity contribution in [3.05, 3.63) is 24.8 Å². The summed E-state index contributed by atoms with van der Waals surface area (Å²) >= 11 is 0. The lowest BCUT2D eigenvalue weighted by Gasteiger charge is -1.70. The normalized spacial score (nSPS) is 6.55. The van der Waals surface area contributed by atoms with Crippen LogP contribution in [0.5, 0.6) is 0 Å². The number of nitrogens with zero attached hydrogens (tertiary/aromatic N) is 2. The van der Waals surface area contributed by atoms with Crippen LogP contribution in [0.15, 0.2) is 24.8 Å². The van der Waals surface area contributed by atoms with Crippen LogP contribution in [0, 0.1) is 5.41 Å². The Morgan fingerprint density at radius 2 is 1.55 bits per heavy atom. The van der Waals surface area contributed by atoms with Gasteiger partial charge in [0, 0.05) is 12.4 Å². The van der Waals surface area contributed by atoms with Gasteiger partial charge in [-0.05, 0) is 6.07 Å². The van der Waals surface area contributed by atoms with E-state index in [2.05, 4.69) is 21.4 Å². The van der Waals surface area contributed by atoms with Crippen molar-refractivity contribution in [1.29, 1.82) is 5.41 Å². The highest BCUT2D eigenvalue weighted by Gasteiger charge is 1.59. The minimum absolute atomic E-state index is 0. The summed E-state index contributed by atoms with van der Waals surface area (Å²) in [6.45, 7) is 0. The molecule has 0 spiro atoms. The molecular formula is C5H10ClN5. The van der Waals surface area contributed by atoms with E-state index < -0.39 is 0 Å². The highest BCUT2D eigenvalue weighted by atomic mass is 35.5. The predicted octanol–water partition coefficient (Wildman–Crippen LogP) is -0.263. The zero-order chi connectivity index (χ0) is 7.82. The zero-order valence-corrected chi connectivity index (χ0v) is 6.58. The second kappa shape index (κ2) is 8.64. The fourth-order valence-corrected chi connectivity index (χ4v) is 0.253. The zero-order valence-electron chi connectivity index (χ0n) is 5.77. The fraction of sp³-hybridized carbons (Fsp3) is 0. The van der Waals surface area contributed by atoms with Crippen LogP contribution in [0.25, 0.3) is 0 Å². The maximum atomic E-state index is 6.06. The standard InChI is InChI=1S/C4H4N2.CH5N3.ClH/c1-2-5-4-6-3-1;2-1(3)4;/h1-4H;(H5,2,3,4);1H. The van der Waals surface area contributed by atoms with E-state index in [0.717, 1.165) is 0 Å². The smallest absolute Gasteiger partial charge is 0.183 e. The molecule has 0 unspecified atom stereocenters. The molecule has 0 aromatic carbocycles. The summed E-state index contributed by atoms with van der Waals surface area (Å²) in [6, 6.07) is 1.78. The lowest BCUT2D eigenvalue weighted by Crippen LogP contribution is -2.20. The van der Waals surface area contributed by atoms with Crippen LogP contribution in [-0.2, 0) is 0 Å². The first-order valence-corrected chi connectivity index (χ1v) is 2.53. The summed E-state index contributed by atoms with van der Waals surface area (Å²) in [4.78, 5) is 7.35. The van der Waals surface area contributed by atoms with Crippen molar-refractivity contribution in [2.75, 3.05) is 0 Å². The summed E-state index contributed by atoms with van der Waals surface area (Å²) in [6.07, 6.45) is 4.88. The van der Waals surface area contributed by atoms with Gasteiger partial charge in [0.05, 0.1) is 0 Å². The summed E-state index contributed by atoms with van der Waals surface area (Å²) < 4.78 is 0. The first kappa shape index (κ1) is 12.3. The number of hydrogen-bond acceptors (Lipinski definition) is 3. The molecule has 0 aliphatic carbocycles. The minimum atomic E-state index is -0.333. The molecule has 1 rings (SSSR count). The Bertz CT molecular complexity index is 147. The molecule has 1 aromatic rings. The third-order valence-corrected chi connectivity index (χ3v) is 0.478. The number of aromatic nitrogens is 2. The number of nitrogens with one attached hydrogen (secondary N) is 1. The van der Waals surface area contributed by atoms with Crippen LogP contribution < -0.4 is 11.5 Å². The maximum absolute atomic E-state index is 6.06. The van der Waals surface area contributed by atoms with Crippen molar-refractivity contribution >= 4 is 18.4 Å². The highest BCUT2D eigenvalue weighted by Crippen LogP contribution is 1.66. The van der Waals surface area contributed by atoms with Crippen molar-refractivity contribution in [1.82, 2.24) is 9.97 Å². The Kier molecular flexibility index (Phi) is 9.68. The topological polar surface area (TPSA) is 102 Å². The Labute approximate surface area is 70.8 Å². The Hall–Kier alpha value is -1.36. The third-order valence-electron chi connectivity index (χ3n) is 0.478. The molecule has 0 bridgehead atoms. The molecule has 0 amide bonds. The quantitative estimate of drug-likeness (QED) is 0.373. The Balaban J connectivity index is 0. The molecule has 5 nitrogen and oxygen atoms in total. The van der Waals surface area contributed by atoms with Crippen LogP contribution in [0.2, 0.25) is 0 Å². The summed E-state index contributed by atoms with van der Waals surface area (Å²) in [5.41, 5.74) is 8.94. The third kappa shape index (κ3) is 17.7. The van der Waals surface area contributed by atoms with E-state index in [1.54, 1.807) is 18.5 Å². The summed E-state index contributed by atoms with van der Waals surface area (Å²) in [7, 11) is 0. The minimum Gasteiger partial charge on any atom is -0.370 e. The van der Waals surface area contributed by atoms with Crippen LogP contribution in [-0.4, -0.2) is 15.9 Å². The number of guanidine groups is 1. The molecule has 5 N–H and O–H groups in total. The average molecular weight is 176 g/mol. The van der Waals surface area contributed by atoms with E-state index in [1.807, 2.05) is 0 Å². The van der Waals surface area contributed by atoms with E-state index in [4.69, 9.17) is 5.41 Å². The molecule has 0 radical (unpaired) electrons. The van der Waals surface area contributed by atoms with Crippen molar-refractivity contribution in [3.8, 4) is 0 Å². The Morgan fingerprint density at radius 3 is 1.64 bits per heavy atom. The van der Waals surface area contributed by atoms with Gasteiger partial charge >= 0.3 is 0 Å². The second-order valence-corrected chi connectivity index (χ2v) is 1.36. The van der Waals surface area contributed by atoms with E-state index in [1.165, 1.54) is 6.33 Å². The molecule has 0 saturated heterocycles. The number of hydrogen-bond donors (Lipinski definition) is 3. The SMILES string of the molecule is Cl.N=C(N)N.c1cncnc1. The average Bonchev–Trinajstić information content (AvgIpc) is 1.90. The van der Waals surface area contributed by atoms with E-state index in [-0.39, 0.29) is 18.4 Å². The van der Waals surface area contributed by atoms with Gasteiger partial charge in [0.25, 0.3) is 0 Å². The molecular weight excluding hydrogens is 166 g/mol.